The Morgan fingerprint density at radius 1 is 1.12 bits per heavy atom. The van der Waals surface area contributed by atoms with Crippen LogP contribution in [0.2, 0.25) is 0 Å². The Morgan fingerprint density at radius 3 is 2.48 bits per heavy atom. The van der Waals surface area contributed by atoms with Crippen LogP contribution >= 0.6 is 12.2 Å². The van der Waals surface area contributed by atoms with Crippen LogP contribution in [0.1, 0.15) is 16.7 Å². The summed E-state index contributed by atoms with van der Waals surface area (Å²) in [6, 6.07) is 15.0. The van der Waals surface area contributed by atoms with Gasteiger partial charge in [-0.2, -0.15) is 0 Å². The number of nitrogens with one attached hydrogen (secondary N) is 1. The molecule has 0 saturated heterocycles. The SMILES string of the molecule is Cc1cccc(N=Cc2c(O)n(-c3cccc(C)c3)c(=S)[nH]c2=O)c1. The molecule has 6 heteroatoms. The molecule has 1 aromatic heterocycles. The van der Waals surface area contributed by atoms with Crippen molar-refractivity contribution in [3.8, 4) is 11.6 Å². The summed E-state index contributed by atoms with van der Waals surface area (Å²) < 4.78 is 1.54. The maximum absolute atomic E-state index is 12.2. The van der Waals surface area contributed by atoms with Crippen molar-refractivity contribution in [2.45, 2.75) is 13.8 Å². The zero-order chi connectivity index (χ0) is 18.0. The van der Waals surface area contributed by atoms with Crippen LogP contribution in [0.15, 0.2) is 58.3 Å². The number of nitrogens with zero attached hydrogens (tertiary/aromatic N) is 2. The molecule has 3 rings (SSSR count). The van der Waals surface area contributed by atoms with Crippen LogP contribution in [0, 0.1) is 18.6 Å². The van der Waals surface area contributed by atoms with Crippen molar-refractivity contribution in [2.75, 3.05) is 0 Å². The second-order valence-electron chi connectivity index (χ2n) is 5.77. The lowest BCUT2D eigenvalue weighted by Crippen LogP contribution is -2.18. The Morgan fingerprint density at radius 2 is 1.80 bits per heavy atom. The number of aryl methyl sites for hydroxylation is 2. The molecule has 0 atom stereocenters. The van der Waals surface area contributed by atoms with Gasteiger partial charge in [0.05, 0.1) is 11.4 Å². The fourth-order valence-corrected chi connectivity index (χ4v) is 2.79. The van der Waals surface area contributed by atoms with E-state index in [4.69, 9.17) is 12.2 Å². The van der Waals surface area contributed by atoms with E-state index in [0.717, 1.165) is 11.1 Å². The first-order chi connectivity index (χ1) is 12.0. The van der Waals surface area contributed by atoms with Crippen LogP contribution in [0.4, 0.5) is 5.69 Å². The van der Waals surface area contributed by atoms with Crippen LogP contribution in [0.25, 0.3) is 5.69 Å². The molecule has 0 radical (unpaired) electrons. The van der Waals surface area contributed by atoms with Gasteiger partial charge in [-0.05, 0) is 61.5 Å². The number of aromatic amines is 1. The molecule has 25 heavy (non-hydrogen) atoms. The lowest BCUT2D eigenvalue weighted by molar-refractivity contribution is 0.432. The topological polar surface area (TPSA) is 70.4 Å². The number of aliphatic imine (C=N–C) groups is 1. The molecule has 0 unspecified atom stereocenters. The predicted octanol–water partition coefficient (Wildman–Crippen LogP) is 3.97. The average Bonchev–Trinajstić information content (AvgIpc) is 2.54. The third-order valence-corrected chi connectivity index (χ3v) is 4.01. The number of hydrogen-bond donors (Lipinski definition) is 2. The summed E-state index contributed by atoms with van der Waals surface area (Å²) in [5, 5.41) is 10.6. The largest absolute Gasteiger partial charge is 0.494 e. The van der Waals surface area contributed by atoms with Crippen molar-refractivity contribution in [1.82, 2.24) is 9.55 Å². The van der Waals surface area contributed by atoms with E-state index in [0.29, 0.717) is 11.4 Å². The van der Waals surface area contributed by atoms with Gasteiger partial charge in [-0.3, -0.25) is 19.3 Å². The smallest absolute Gasteiger partial charge is 0.264 e. The minimum Gasteiger partial charge on any atom is -0.494 e. The van der Waals surface area contributed by atoms with Crippen LogP contribution in [0.3, 0.4) is 0 Å². The molecule has 0 bridgehead atoms. The van der Waals surface area contributed by atoms with E-state index in [9.17, 15) is 9.90 Å². The molecule has 0 aliphatic rings. The van der Waals surface area contributed by atoms with Crippen LogP contribution in [-0.2, 0) is 0 Å². The third-order valence-electron chi connectivity index (χ3n) is 3.73. The van der Waals surface area contributed by atoms with Gasteiger partial charge in [0.1, 0.15) is 5.56 Å². The summed E-state index contributed by atoms with van der Waals surface area (Å²) in [6.07, 6.45) is 1.35. The number of benzene rings is 2. The van der Waals surface area contributed by atoms with Gasteiger partial charge < -0.3 is 5.11 Å². The fraction of sp³-hybridized carbons (Fsp3) is 0.105. The maximum Gasteiger partial charge on any atom is 0.264 e. The highest BCUT2D eigenvalue weighted by Crippen LogP contribution is 2.20. The second-order valence-corrected chi connectivity index (χ2v) is 6.15. The van der Waals surface area contributed by atoms with Gasteiger partial charge in [0, 0.05) is 6.21 Å². The van der Waals surface area contributed by atoms with Gasteiger partial charge in [0.25, 0.3) is 5.56 Å². The van der Waals surface area contributed by atoms with E-state index in [1.807, 2.05) is 62.4 Å². The van der Waals surface area contributed by atoms with E-state index in [-0.39, 0.29) is 16.2 Å². The first-order valence-electron chi connectivity index (χ1n) is 7.72. The number of aromatic nitrogens is 2. The highest BCUT2D eigenvalue weighted by molar-refractivity contribution is 7.71. The van der Waals surface area contributed by atoms with Gasteiger partial charge in [0.15, 0.2) is 4.77 Å². The first-order valence-corrected chi connectivity index (χ1v) is 8.12. The van der Waals surface area contributed by atoms with Crippen molar-refractivity contribution in [3.63, 3.8) is 0 Å². The predicted molar refractivity (Wildman–Crippen MR) is 102 cm³/mol. The lowest BCUT2D eigenvalue weighted by atomic mass is 10.2. The summed E-state index contributed by atoms with van der Waals surface area (Å²) in [7, 11) is 0. The minimum atomic E-state index is -0.484. The van der Waals surface area contributed by atoms with Gasteiger partial charge >= 0.3 is 0 Å². The zero-order valence-corrected chi connectivity index (χ0v) is 14.7. The van der Waals surface area contributed by atoms with Crippen molar-refractivity contribution < 1.29 is 5.11 Å². The molecule has 126 valence electrons. The normalized spacial score (nSPS) is 11.1. The quantitative estimate of drug-likeness (QED) is 0.554. The Hall–Kier alpha value is -2.99. The Labute approximate surface area is 149 Å². The summed E-state index contributed by atoms with van der Waals surface area (Å²) in [5.74, 6) is -0.240. The molecule has 0 amide bonds. The summed E-state index contributed by atoms with van der Waals surface area (Å²) in [6.45, 7) is 3.90. The van der Waals surface area contributed by atoms with E-state index < -0.39 is 5.56 Å². The molecular formula is C19H17N3O2S. The molecule has 2 N–H and O–H groups in total. The summed E-state index contributed by atoms with van der Waals surface area (Å²) in [5.41, 5.74) is 3.01. The van der Waals surface area contributed by atoms with E-state index >= 15 is 0 Å². The lowest BCUT2D eigenvalue weighted by Gasteiger charge is -2.11. The zero-order valence-electron chi connectivity index (χ0n) is 13.9. The van der Waals surface area contributed by atoms with E-state index in [1.54, 1.807) is 0 Å². The fourth-order valence-electron chi connectivity index (χ4n) is 2.51. The average molecular weight is 351 g/mol. The van der Waals surface area contributed by atoms with Crippen LogP contribution < -0.4 is 5.56 Å². The molecule has 0 spiro atoms. The number of H-pyrrole nitrogens is 1. The molecule has 1 heterocycles. The molecule has 0 aliphatic heterocycles. The summed E-state index contributed by atoms with van der Waals surface area (Å²) in [4.78, 5) is 19.1. The first kappa shape index (κ1) is 16.9. The molecule has 0 saturated carbocycles. The monoisotopic (exact) mass is 351 g/mol. The van der Waals surface area contributed by atoms with Crippen molar-refractivity contribution in [2.24, 2.45) is 4.99 Å². The molecule has 2 aromatic carbocycles. The molecule has 5 nitrogen and oxygen atoms in total. The van der Waals surface area contributed by atoms with E-state index in [1.165, 1.54) is 10.8 Å². The van der Waals surface area contributed by atoms with Gasteiger partial charge in [0.2, 0.25) is 5.88 Å². The van der Waals surface area contributed by atoms with Crippen LogP contribution in [0.5, 0.6) is 5.88 Å². The molecular weight excluding hydrogens is 334 g/mol. The standard InChI is InChI=1S/C19H17N3O2S/c1-12-5-3-7-14(9-12)20-11-16-17(23)21-19(25)22(18(16)24)15-8-4-6-13(2)10-15/h3-11,24H,1-2H3,(H,21,23,25). The molecule has 0 fully saturated rings. The van der Waals surface area contributed by atoms with E-state index in [2.05, 4.69) is 9.98 Å². The maximum atomic E-state index is 12.2. The Balaban J connectivity index is 2.14. The van der Waals surface area contributed by atoms with Crippen molar-refractivity contribution >= 4 is 24.1 Å². The molecule has 3 aromatic rings. The van der Waals surface area contributed by atoms with Crippen molar-refractivity contribution in [1.29, 1.82) is 0 Å². The third kappa shape index (κ3) is 3.59. The van der Waals surface area contributed by atoms with Crippen LogP contribution in [-0.4, -0.2) is 20.9 Å². The second kappa shape index (κ2) is 6.86. The summed E-state index contributed by atoms with van der Waals surface area (Å²) >= 11 is 5.21. The van der Waals surface area contributed by atoms with Gasteiger partial charge in [-0.1, -0.05) is 24.3 Å². The number of rotatable bonds is 3. The number of hydrogen-bond acceptors (Lipinski definition) is 4. The highest BCUT2D eigenvalue weighted by atomic mass is 32.1. The Bertz CT molecular complexity index is 1080. The Kier molecular flexibility index (Phi) is 4.63. The number of aromatic hydroxyl groups is 1. The van der Waals surface area contributed by atoms with Gasteiger partial charge in [-0.15, -0.1) is 0 Å². The van der Waals surface area contributed by atoms with Crippen molar-refractivity contribution in [3.05, 3.63) is 80.3 Å². The minimum absolute atomic E-state index is 0.0524. The molecule has 0 aliphatic carbocycles. The highest BCUT2D eigenvalue weighted by Gasteiger charge is 2.12. The van der Waals surface area contributed by atoms with Gasteiger partial charge in [-0.25, -0.2) is 0 Å².